The van der Waals surface area contributed by atoms with Gasteiger partial charge in [-0.2, -0.15) is 0 Å². The molecule has 0 radical (unpaired) electrons. The molecule has 0 aliphatic carbocycles. The van der Waals surface area contributed by atoms with Crippen LogP contribution in [0.4, 0.5) is 0 Å². The van der Waals surface area contributed by atoms with Crippen molar-refractivity contribution < 1.29 is 9.59 Å². The molecule has 2 heterocycles. The Kier molecular flexibility index (Phi) is 7.66. The maximum absolute atomic E-state index is 12.2. The molecule has 33 heavy (non-hydrogen) atoms. The van der Waals surface area contributed by atoms with Crippen molar-refractivity contribution in [3.63, 3.8) is 0 Å². The molecule has 0 unspecified atom stereocenters. The number of hydrogen-bond acceptors (Lipinski definition) is 4. The van der Waals surface area contributed by atoms with Crippen molar-refractivity contribution in [1.29, 1.82) is 0 Å². The largest absolute Gasteiger partial charge is 0.361 e. The number of allylic oxidation sites excluding steroid dienone is 2. The van der Waals surface area contributed by atoms with Crippen molar-refractivity contribution in [3.8, 4) is 0 Å². The minimum Gasteiger partial charge on any atom is -0.361 e. The van der Waals surface area contributed by atoms with Crippen molar-refractivity contribution in [1.82, 2.24) is 14.8 Å². The monoisotopic (exact) mass is 441 g/mol. The summed E-state index contributed by atoms with van der Waals surface area (Å²) in [5.74, 6) is -0.390. The Morgan fingerprint density at radius 1 is 0.879 bits per heavy atom. The first kappa shape index (κ1) is 22.9. The van der Waals surface area contributed by atoms with E-state index < -0.39 is 0 Å². The maximum Gasteiger partial charge on any atom is 0.163 e. The van der Waals surface area contributed by atoms with Crippen LogP contribution >= 0.6 is 0 Å². The van der Waals surface area contributed by atoms with Crippen LogP contribution in [0.5, 0.6) is 0 Å². The fourth-order valence-electron chi connectivity index (χ4n) is 3.99. The first-order chi connectivity index (χ1) is 16.0. The fraction of sp³-hybridized carbons (Fsp3) is 0.286. The SMILES string of the molecule is CN1CCN(CCc2ccc(C=CC(=O)CC(=O)C=Cc3ccc4cc[nH]c4c3)cc2)CC1. The molecule has 1 aliphatic rings. The molecule has 1 aromatic heterocycles. The highest BCUT2D eigenvalue weighted by Crippen LogP contribution is 2.15. The quantitative estimate of drug-likeness (QED) is 0.399. The van der Waals surface area contributed by atoms with Gasteiger partial charge in [0.15, 0.2) is 11.6 Å². The molecule has 0 amide bonds. The molecule has 4 rings (SSSR count). The molecule has 5 heteroatoms. The summed E-state index contributed by atoms with van der Waals surface area (Å²) in [6, 6.07) is 16.2. The van der Waals surface area contributed by atoms with Gasteiger partial charge in [-0.05, 0) is 59.8 Å². The first-order valence-electron chi connectivity index (χ1n) is 11.5. The van der Waals surface area contributed by atoms with E-state index in [0.717, 1.165) is 61.2 Å². The molecule has 170 valence electrons. The topological polar surface area (TPSA) is 56.4 Å². The second kappa shape index (κ2) is 11.0. The third-order valence-electron chi connectivity index (χ3n) is 6.14. The van der Waals surface area contributed by atoms with E-state index in [0.29, 0.717) is 0 Å². The first-order valence-corrected chi connectivity index (χ1v) is 11.5. The van der Waals surface area contributed by atoms with E-state index in [9.17, 15) is 9.59 Å². The number of nitrogens with zero attached hydrogens (tertiary/aromatic N) is 2. The zero-order chi connectivity index (χ0) is 23.0. The van der Waals surface area contributed by atoms with Gasteiger partial charge < -0.3 is 14.8 Å². The van der Waals surface area contributed by atoms with Crippen LogP contribution in [-0.2, 0) is 16.0 Å². The van der Waals surface area contributed by atoms with E-state index in [4.69, 9.17) is 0 Å². The molecule has 0 atom stereocenters. The summed E-state index contributed by atoms with van der Waals surface area (Å²) in [4.78, 5) is 32.4. The lowest BCUT2D eigenvalue weighted by molar-refractivity contribution is -0.121. The van der Waals surface area contributed by atoms with Gasteiger partial charge in [-0.25, -0.2) is 0 Å². The summed E-state index contributed by atoms with van der Waals surface area (Å²) in [5.41, 5.74) is 4.21. The molecular formula is C28H31N3O2. The van der Waals surface area contributed by atoms with Crippen LogP contribution in [0, 0.1) is 0 Å². The number of rotatable bonds is 9. The molecule has 1 fully saturated rings. The number of benzene rings is 2. The number of piperazine rings is 1. The van der Waals surface area contributed by atoms with E-state index in [1.165, 1.54) is 17.7 Å². The molecule has 1 saturated heterocycles. The van der Waals surface area contributed by atoms with E-state index in [-0.39, 0.29) is 18.0 Å². The highest BCUT2D eigenvalue weighted by atomic mass is 16.1. The van der Waals surface area contributed by atoms with E-state index in [2.05, 4.69) is 34.0 Å². The fourth-order valence-corrected chi connectivity index (χ4v) is 3.99. The summed E-state index contributed by atoms with van der Waals surface area (Å²) >= 11 is 0. The lowest BCUT2D eigenvalue weighted by Crippen LogP contribution is -2.45. The Morgan fingerprint density at radius 3 is 2.27 bits per heavy atom. The summed E-state index contributed by atoms with van der Waals surface area (Å²) in [6.45, 7) is 5.62. The summed E-state index contributed by atoms with van der Waals surface area (Å²) in [7, 11) is 2.17. The van der Waals surface area contributed by atoms with Crippen LogP contribution < -0.4 is 0 Å². The number of aromatic amines is 1. The minimum atomic E-state index is -0.199. The Bertz CT molecular complexity index is 1150. The van der Waals surface area contributed by atoms with Gasteiger partial charge in [0, 0.05) is 44.4 Å². The third-order valence-corrected chi connectivity index (χ3v) is 6.14. The number of nitrogens with one attached hydrogen (secondary N) is 1. The number of likely N-dealkylation sites (N-methyl/N-ethyl adjacent to an activating group) is 1. The zero-order valence-corrected chi connectivity index (χ0v) is 19.2. The average molecular weight is 442 g/mol. The van der Waals surface area contributed by atoms with Gasteiger partial charge in [0.05, 0.1) is 6.42 Å². The number of H-pyrrole nitrogens is 1. The summed E-state index contributed by atoms with van der Waals surface area (Å²) < 4.78 is 0. The maximum atomic E-state index is 12.2. The van der Waals surface area contributed by atoms with Crippen molar-refractivity contribution >= 4 is 34.6 Å². The van der Waals surface area contributed by atoms with Gasteiger partial charge in [-0.1, -0.05) is 48.6 Å². The summed E-state index contributed by atoms with van der Waals surface area (Å²) in [5, 5.41) is 1.13. The molecule has 1 N–H and O–H groups in total. The Balaban J connectivity index is 1.22. The number of carbonyl (C=O) groups excluding carboxylic acids is 2. The number of ketones is 2. The van der Waals surface area contributed by atoms with Gasteiger partial charge in [0.2, 0.25) is 0 Å². The third kappa shape index (κ3) is 6.85. The number of hydrogen-bond donors (Lipinski definition) is 1. The highest BCUT2D eigenvalue weighted by Gasteiger charge is 2.13. The van der Waals surface area contributed by atoms with Crippen molar-refractivity contribution in [2.24, 2.45) is 0 Å². The lowest BCUT2D eigenvalue weighted by atomic mass is 10.1. The molecule has 5 nitrogen and oxygen atoms in total. The van der Waals surface area contributed by atoms with Crippen LogP contribution in [0.2, 0.25) is 0 Å². The van der Waals surface area contributed by atoms with Gasteiger partial charge in [-0.15, -0.1) is 0 Å². The van der Waals surface area contributed by atoms with Crippen molar-refractivity contribution in [3.05, 3.63) is 83.6 Å². The smallest absolute Gasteiger partial charge is 0.163 e. The molecule has 0 saturated carbocycles. The van der Waals surface area contributed by atoms with Gasteiger partial charge in [0.25, 0.3) is 0 Å². The van der Waals surface area contributed by atoms with Crippen LogP contribution in [0.1, 0.15) is 23.1 Å². The molecule has 0 bridgehead atoms. The second-order valence-electron chi connectivity index (χ2n) is 8.74. The molecule has 0 spiro atoms. The number of aromatic nitrogens is 1. The Morgan fingerprint density at radius 2 is 1.55 bits per heavy atom. The van der Waals surface area contributed by atoms with Crippen molar-refractivity contribution in [2.45, 2.75) is 12.8 Å². The highest BCUT2D eigenvalue weighted by molar-refractivity contribution is 6.11. The van der Waals surface area contributed by atoms with Gasteiger partial charge in [0.1, 0.15) is 0 Å². The normalized spacial score (nSPS) is 15.7. The second-order valence-corrected chi connectivity index (χ2v) is 8.74. The van der Waals surface area contributed by atoms with Crippen LogP contribution in [0.15, 0.2) is 66.9 Å². The van der Waals surface area contributed by atoms with E-state index >= 15 is 0 Å². The molecular weight excluding hydrogens is 410 g/mol. The van der Waals surface area contributed by atoms with Crippen LogP contribution in [0.3, 0.4) is 0 Å². The molecule has 1 aliphatic heterocycles. The lowest BCUT2D eigenvalue weighted by Gasteiger charge is -2.32. The predicted octanol–water partition coefficient (Wildman–Crippen LogP) is 4.21. The van der Waals surface area contributed by atoms with Crippen LogP contribution in [0.25, 0.3) is 23.1 Å². The average Bonchev–Trinajstić information content (AvgIpc) is 3.30. The molecule has 3 aromatic rings. The number of carbonyl (C=O) groups is 2. The molecule has 2 aromatic carbocycles. The Hall–Kier alpha value is -3.28. The van der Waals surface area contributed by atoms with Gasteiger partial charge in [-0.3, -0.25) is 9.59 Å². The van der Waals surface area contributed by atoms with Gasteiger partial charge >= 0.3 is 0 Å². The van der Waals surface area contributed by atoms with Crippen molar-refractivity contribution in [2.75, 3.05) is 39.8 Å². The zero-order valence-electron chi connectivity index (χ0n) is 19.2. The summed E-state index contributed by atoms with van der Waals surface area (Å²) in [6.07, 6.45) is 9.30. The van der Waals surface area contributed by atoms with E-state index in [1.807, 2.05) is 42.6 Å². The Labute approximate surface area is 195 Å². The minimum absolute atomic E-state index is 0.124. The predicted molar refractivity (Wildman–Crippen MR) is 135 cm³/mol. The standard InChI is InChI=1S/C28H31N3O2/c1-30-16-18-31(19-17-30)15-13-23-4-2-22(3-5-23)7-10-26(32)21-27(33)11-8-24-6-9-25-12-14-29-28(25)20-24/h2-12,14,20,29H,13,15-19,21H2,1H3. The van der Waals surface area contributed by atoms with E-state index in [1.54, 1.807) is 12.2 Å². The number of fused-ring (bicyclic) bond motifs is 1. The van der Waals surface area contributed by atoms with Crippen LogP contribution in [-0.4, -0.2) is 66.1 Å².